The molecule has 174 valence electrons. The number of hydrogen-bond donors (Lipinski definition) is 1. The second-order valence-corrected chi connectivity index (χ2v) is 8.71. The molecule has 1 aliphatic rings. The van der Waals surface area contributed by atoms with Gasteiger partial charge in [-0.25, -0.2) is 9.97 Å². The Kier molecular flexibility index (Phi) is 7.05. The Hall–Kier alpha value is -2.52. The Morgan fingerprint density at radius 3 is 2.66 bits per heavy atom. The number of nitrogens with one attached hydrogen (secondary N) is 1. The van der Waals surface area contributed by atoms with Crippen molar-refractivity contribution >= 4 is 16.9 Å². The summed E-state index contributed by atoms with van der Waals surface area (Å²) in [5.74, 6) is 1.77. The Morgan fingerprint density at radius 2 is 1.84 bits per heavy atom. The number of rotatable bonds is 10. The van der Waals surface area contributed by atoms with Crippen molar-refractivity contribution < 1.29 is 4.74 Å². The molecule has 4 rings (SSSR count). The van der Waals surface area contributed by atoms with Gasteiger partial charge >= 0.3 is 0 Å². The van der Waals surface area contributed by atoms with Crippen molar-refractivity contribution in [2.45, 2.75) is 59.5 Å². The monoisotopic (exact) mass is 440 g/mol. The maximum atomic E-state index is 5.06. The van der Waals surface area contributed by atoms with Crippen molar-refractivity contribution in [3.8, 4) is 0 Å². The van der Waals surface area contributed by atoms with Crippen LogP contribution in [-0.4, -0.2) is 62.9 Å². The van der Waals surface area contributed by atoms with E-state index in [1.165, 1.54) is 24.1 Å². The van der Waals surface area contributed by atoms with Crippen LogP contribution in [0.25, 0.3) is 11.0 Å². The average molecular weight is 441 g/mol. The normalized spacial score (nSPS) is 13.8. The molecule has 0 atom stereocenters. The largest absolute Gasteiger partial charge is 0.383 e. The molecule has 0 saturated heterocycles. The summed E-state index contributed by atoms with van der Waals surface area (Å²) in [4.78, 5) is 11.8. The quantitative estimate of drug-likeness (QED) is 0.485. The maximum Gasteiger partial charge on any atom is 0.158 e. The number of nitrogens with zero attached hydrogens (tertiary/aromatic N) is 7. The molecule has 9 heteroatoms. The molecule has 0 bridgehead atoms. The number of unbranched alkanes of at least 4 members (excludes halogenated alkanes) is 2. The number of hydrogen-bond acceptors (Lipinski definition) is 7. The van der Waals surface area contributed by atoms with Crippen LogP contribution in [0.15, 0.2) is 0 Å². The minimum atomic E-state index is 0.774. The first-order valence-electron chi connectivity index (χ1n) is 11.7. The van der Waals surface area contributed by atoms with Crippen LogP contribution in [0.5, 0.6) is 0 Å². The molecule has 4 heterocycles. The first-order chi connectivity index (χ1) is 15.5. The van der Waals surface area contributed by atoms with E-state index < -0.39 is 0 Å². The van der Waals surface area contributed by atoms with Gasteiger partial charge in [-0.15, -0.1) is 0 Å². The summed E-state index contributed by atoms with van der Waals surface area (Å²) in [7, 11) is 3.71. The number of anilines is 1. The zero-order chi connectivity index (χ0) is 22.7. The number of methoxy groups -OCH3 is 1. The van der Waals surface area contributed by atoms with Crippen LogP contribution in [0.2, 0.25) is 0 Å². The lowest BCUT2D eigenvalue weighted by Gasteiger charge is -2.29. The van der Waals surface area contributed by atoms with Gasteiger partial charge in [0.2, 0.25) is 0 Å². The Morgan fingerprint density at radius 1 is 1.00 bits per heavy atom. The van der Waals surface area contributed by atoms with E-state index in [1.54, 1.807) is 7.11 Å². The van der Waals surface area contributed by atoms with Crippen molar-refractivity contribution in [3.05, 3.63) is 28.5 Å². The number of aromatic nitrogens is 6. The van der Waals surface area contributed by atoms with Crippen LogP contribution in [0, 0.1) is 20.8 Å². The van der Waals surface area contributed by atoms with E-state index in [0.717, 1.165) is 86.2 Å². The molecular formula is C23H36N8O. The number of aryl methyl sites for hydroxylation is 5. The molecule has 32 heavy (non-hydrogen) atoms. The fourth-order valence-electron chi connectivity index (χ4n) is 4.66. The molecule has 0 saturated carbocycles. The molecule has 1 aliphatic heterocycles. The first-order valence-corrected chi connectivity index (χ1v) is 11.7. The van der Waals surface area contributed by atoms with Gasteiger partial charge in [0.25, 0.3) is 0 Å². The standard InChI is InChI=1S/C23H36N8O/c1-16-19-15-30(23-22-21(25-18(3)26-23)17(2)27-29(22)4)13-9-20(19)31(28-16)12-8-6-7-10-24-11-14-32-5/h24H,6-15H2,1-5H3. The average Bonchev–Trinajstić information content (AvgIpc) is 3.24. The maximum absolute atomic E-state index is 5.06. The van der Waals surface area contributed by atoms with Gasteiger partial charge < -0.3 is 15.0 Å². The van der Waals surface area contributed by atoms with E-state index in [4.69, 9.17) is 14.8 Å². The minimum absolute atomic E-state index is 0.774. The second-order valence-electron chi connectivity index (χ2n) is 8.71. The highest BCUT2D eigenvalue weighted by Crippen LogP contribution is 2.31. The Bertz CT molecular complexity index is 1070. The fraction of sp³-hybridized carbons (Fsp3) is 0.652. The molecule has 3 aromatic rings. The molecule has 0 unspecified atom stereocenters. The number of fused-ring (bicyclic) bond motifs is 2. The smallest absolute Gasteiger partial charge is 0.158 e. The highest BCUT2D eigenvalue weighted by molar-refractivity contribution is 5.88. The summed E-state index contributed by atoms with van der Waals surface area (Å²) < 4.78 is 9.22. The van der Waals surface area contributed by atoms with Gasteiger partial charge in [0.05, 0.1) is 18.0 Å². The second kappa shape index (κ2) is 9.95. The van der Waals surface area contributed by atoms with Gasteiger partial charge in [0, 0.05) is 58.0 Å². The third-order valence-electron chi connectivity index (χ3n) is 6.28. The summed E-state index contributed by atoms with van der Waals surface area (Å²) in [6, 6.07) is 0. The molecule has 0 radical (unpaired) electrons. The van der Waals surface area contributed by atoms with Crippen LogP contribution in [0.3, 0.4) is 0 Å². The molecule has 0 amide bonds. The molecule has 1 N–H and O–H groups in total. The summed E-state index contributed by atoms with van der Waals surface area (Å²) in [6.45, 7) is 11.6. The molecule has 0 aromatic carbocycles. The van der Waals surface area contributed by atoms with Gasteiger partial charge in [0.15, 0.2) is 5.82 Å². The number of ether oxygens (including phenoxy) is 1. The third kappa shape index (κ3) is 4.63. The molecular weight excluding hydrogens is 404 g/mol. The minimum Gasteiger partial charge on any atom is -0.383 e. The summed E-state index contributed by atoms with van der Waals surface area (Å²) in [6.07, 6.45) is 4.53. The third-order valence-corrected chi connectivity index (χ3v) is 6.28. The summed E-state index contributed by atoms with van der Waals surface area (Å²) in [5.41, 5.74) is 6.78. The molecule has 0 spiro atoms. The van der Waals surface area contributed by atoms with Gasteiger partial charge in [-0.1, -0.05) is 6.42 Å². The van der Waals surface area contributed by atoms with Gasteiger partial charge in [-0.3, -0.25) is 9.36 Å². The van der Waals surface area contributed by atoms with Crippen LogP contribution in [0.4, 0.5) is 5.82 Å². The summed E-state index contributed by atoms with van der Waals surface area (Å²) >= 11 is 0. The summed E-state index contributed by atoms with van der Waals surface area (Å²) in [5, 5.41) is 12.9. The SMILES string of the molecule is COCCNCCCCCn1nc(C)c2c1CCN(c1nc(C)nc3c(C)nn(C)c13)C2. The van der Waals surface area contributed by atoms with E-state index in [-0.39, 0.29) is 0 Å². The zero-order valence-corrected chi connectivity index (χ0v) is 20.1. The van der Waals surface area contributed by atoms with Crippen molar-refractivity contribution in [2.24, 2.45) is 7.05 Å². The van der Waals surface area contributed by atoms with E-state index in [2.05, 4.69) is 31.9 Å². The molecule has 0 aliphatic carbocycles. The van der Waals surface area contributed by atoms with E-state index in [9.17, 15) is 0 Å². The molecule has 0 fully saturated rings. The highest BCUT2D eigenvalue weighted by Gasteiger charge is 2.27. The van der Waals surface area contributed by atoms with Crippen LogP contribution >= 0.6 is 0 Å². The van der Waals surface area contributed by atoms with Crippen LogP contribution in [0.1, 0.15) is 47.7 Å². The van der Waals surface area contributed by atoms with Gasteiger partial charge in [0.1, 0.15) is 16.9 Å². The van der Waals surface area contributed by atoms with E-state index in [1.807, 2.05) is 25.6 Å². The highest BCUT2D eigenvalue weighted by atomic mass is 16.5. The Balaban J connectivity index is 1.42. The lowest BCUT2D eigenvalue weighted by atomic mass is 10.1. The lowest BCUT2D eigenvalue weighted by Crippen LogP contribution is -2.32. The zero-order valence-electron chi connectivity index (χ0n) is 20.1. The topological polar surface area (TPSA) is 85.9 Å². The first kappa shape index (κ1) is 22.7. The predicted octanol–water partition coefficient (Wildman–Crippen LogP) is 2.45. The lowest BCUT2D eigenvalue weighted by molar-refractivity contribution is 0.199. The molecule has 3 aromatic heterocycles. The predicted molar refractivity (Wildman–Crippen MR) is 126 cm³/mol. The van der Waals surface area contributed by atoms with E-state index in [0.29, 0.717) is 0 Å². The van der Waals surface area contributed by atoms with Crippen molar-refractivity contribution in [2.75, 3.05) is 38.3 Å². The molecule has 9 nitrogen and oxygen atoms in total. The van der Waals surface area contributed by atoms with Crippen molar-refractivity contribution in [3.63, 3.8) is 0 Å². The van der Waals surface area contributed by atoms with Gasteiger partial charge in [-0.2, -0.15) is 10.2 Å². The van der Waals surface area contributed by atoms with Crippen LogP contribution < -0.4 is 10.2 Å². The van der Waals surface area contributed by atoms with Crippen molar-refractivity contribution in [1.29, 1.82) is 0 Å². The Labute approximate surface area is 190 Å². The van der Waals surface area contributed by atoms with E-state index >= 15 is 0 Å². The van der Waals surface area contributed by atoms with Crippen LogP contribution in [-0.2, 0) is 31.3 Å². The van der Waals surface area contributed by atoms with Crippen molar-refractivity contribution in [1.82, 2.24) is 34.8 Å². The fourth-order valence-corrected chi connectivity index (χ4v) is 4.66. The van der Waals surface area contributed by atoms with Gasteiger partial charge in [-0.05, 0) is 40.2 Å².